The van der Waals surface area contributed by atoms with Gasteiger partial charge in [-0.05, 0) is 11.3 Å². The third kappa shape index (κ3) is 69.0. The van der Waals surface area contributed by atoms with Crippen molar-refractivity contribution in [3.8, 4) is 0 Å². The van der Waals surface area contributed by atoms with Crippen LogP contribution >= 0.6 is 18.5 Å². The molecular formula is C10H28CoP2Si. The van der Waals surface area contributed by atoms with Gasteiger partial charge in [0.1, 0.15) is 0 Å². The third-order valence-corrected chi connectivity index (χ3v) is 2.49. The summed E-state index contributed by atoms with van der Waals surface area (Å²) in [4.78, 5) is 0. The standard InChI is InChI=1S/C4H12P2.C4H11Si.C2H5.Co/c1-3(5)4(2)6;1-5(2,3)4;1-2;/h3-4H,5-6H2,1-2H3;1H2,2-4H3;1H2,2H3;/q;2*-1;+2. The Morgan fingerprint density at radius 3 is 1.00 bits per heavy atom. The molecule has 0 fully saturated rings. The van der Waals surface area contributed by atoms with Crippen LogP contribution in [-0.4, -0.2) is 19.4 Å². The van der Waals surface area contributed by atoms with E-state index in [9.17, 15) is 0 Å². The second-order valence-electron chi connectivity index (χ2n) is 4.28. The van der Waals surface area contributed by atoms with Crippen molar-refractivity contribution in [3.63, 3.8) is 0 Å². The van der Waals surface area contributed by atoms with Gasteiger partial charge < -0.3 is 13.5 Å². The SMILES string of the molecule is CC(P)C(C)P.[CH2-]C.[CH2-][Si](C)(C)C.[Co+2]. The zero-order valence-electron chi connectivity index (χ0n) is 10.6. The van der Waals surface area contributed by atoms with Crippen molar-refractivity contribution in [2.75, 3.05) is 0 Å². The van der Waals surface area contributed by atoms with E-state index in [1.54, 1.807) is 6.92 Å². The average molecular weight is 297 g/mol. The molecule has 1 radical (unpaired) electrons. The van der Waals surface area contributed by atoms with E-state index in [1.165, 1.54) is 0 Å². The van der Waals surface area contributed by atoms with Gasteiger partial charge in [-0.15, -0.1) is 26.6 Å². The van der Waals surface area contributed by atoms with Crippen LogP contribution in [0, 0.1) is 13.5 Å². The Hall–Kier alpha value is 1.58. The molecule has 0 amide bonds. The van der Waals surface area contributed by atoms with E-state index in [0.29, 0.717) is 0 Å². The average Bonchev–Trinajstić information content (AvgIpc) is 1.88. The van der Waals surface area contributed by atoms with Gasteiger partial charge in [0.25, 0.3) is 0 Å². The molecule has 0 spiro atoms. The van der Waals surface area contributed by atoms with Gasteiger partial charge in [-0.25, -0.2) is 0 Å². The van der Waals surface area contributed by atoms with Gasteiger partial charge in [-0.3, -0.25) is 0 Å². The fourth-order valence-corrected chi connectivity index (χ4v) is 0. The summed E-state index contributed by atoms with van der Waals surface area (Å²) in [7, 11) is 4.64. The van der Waals surface area contributed by atoms with Gasteiger partial charge in [0.2, 0.25) is 0 Å². The molecule has 0 bridgehead atoms. The Morgan fingerprint density at radius 1 is 0.929 bits per heavy atom. The second kappa shape index (κ2) is 14.6. The Balaban J connectivity index is -0.0000000576. The van der Waals surface area contributed by atoms with Gasteiger partial charge in [-0.1, -0.05) is 33.5 Å². The molecule has 0 aromatic heterocycles. The largest absolute Gasteiger partial charge is 2.00 e. The van der Waals surface area contributed by atoms with Crippen molar-refractivity contribution in [2.45, 2.75) is 51.7 Å². The van der Waals surface area contributed by atoms with E-state index in [2.05, 4.69) is 65.4 Å². The predicted molar refractivity (Wildman–Crippen MR) is 78.1 cm³/mol. The Kier molecular flexibility index (Phi) is 25.7. The zero-order chi connectivity index (χ0) is 11.7. The molecule has 0 N–H and O–H groups in total. The Labute approximate surface area is 108 Å². The molecule has 4 unspecified atom stereocenters. The molecule has 91 valence electrons. The summed E-state index contributed by atoms with van der Waals surface area (Å²) >= 11 is 0. The molecule has 0 saturated heterocycles. The first kappa shape index (κ1) is 24.7. The maximum Gasteiger partial charge on any atom is 2.00 e. The summed E-state index contributed by atoms with van der Waals surface area (Å²) in [5, 5.41) is 0. The Bertz CT molecular complexity index is 78.6. The van der Waals surface area contributed by atoms with Crippen molar-refractivity contribution in [1.82, 2.24) is 0 Å². The van der Waals surface area contributed by atoms with Crippen LogP contribution < -0.4 is 0 Å². The van der Waals surface area contributed by atoms with Crippen LogP contribution in [-0.2, 0) is 16.8 Å². The van der Waals surface area contributed by atoms with Gasteiger partial charge >= 0.3 is 16.8 Å². The predicted octanol–water partition coefficient (Wildman–Crippen LogP) is 4.05. The fourth-order valence-electron chi connectivity index (χ4n) is 0. The van der Waals surface area contributed by atoms with Crippen molar-refractivity contribution in [3.05, 3.63) is 13.5 Å². The Morgan fingerprint density at radius 2 is 1.00 bits per heavy atom. The molecule has 0 rings (SSSR count). The van der Waals surface area contributed by atoms with Crippen molar-refractivity contribution >= 4 is 26.6 Å². The van der Waals surface area contributed by atoms with Crippen molar-refractivity contribution < 1.29 is 16.8 Å². The summed E-state index contributed by atoms with van der Waals surface area (Å²) < 4.78 is 0. The van der Waals surface area contributed by atoms with Crippen molar-refractivity contribution in [2.24, 2.45) is 0 Å². The molecule has 0 saturated carbocycles. The quantitative estimate of drug-likeness (QED) is 0.389. The molecule has 4 atom stereocenters. The van der Waals surface area contributed by atoms with Gasteiger partial charge in [0.15, 0.2) is 0 Å². The monoisotopic (exact) mass is 297 g/mol. The van der Waals surface area contributed by atoms with Gasteiger partial charge in [-0.2, -0.15) is 6.92 Å². The first-order chi connectivity index (χ1) is 5.64. The first-order valence-electron chi connectivity index (χ1n) is 4.72. The van der Waals surface area contributed by atoms with E-state index >= 15 is 0 Å². The molecule has 0 aliphatic carbocycles. The minimum Gasteiger partial charge on any atom is -0.346 e. The van der Waals surface area contributed by atoms with E-state index < -0.39 is 8.07 Å². The molecule has 0 aromatic carbocycles. The van der Waals surface area contributed by atoms with E-state index in [1.807, 2.05) is 0 Å². The zero-order valence-corrected chi connectivity index (χ0v) is 14.9. The van der Waals surface area contributed by atoms with Gasteiger partial charge in [0.05, 0.1) is 0 Å². The van der Waals surface area contributed by atoms with E-state index in [-0.39, 0.29) is 16.8 Å². The van der Waals surface area contributed by atoms with E-state index in [4.69, 9.17) is 0 Å². The molecule has 0 nitrogen and oxygen atoms in total. The number of rotatable bonds is 1. The smallest absolute Gasteiger partial charge is 0.346 e. The number of hydrogen-bond donors (Lipinski definition) is 0. The molecule has 0 aromatic rings. The fraction of sp³-hybridized carbons (Fsp3) is 0.800. The summed E-state index contributed by atoms with van der Waals surface area (Å²) in [6.45, 7) is 19.9. The minimum absolute atomic E-state index is 0. The molecular weight excluding hydrogens is 269 g/mol. The maximum atomic E-state index is 3.91. The summed E-state index contributed by atoms with van der Waals surface area (Å²) in [6, 6.07) is 0. The van der Waals surface area contributed by atoms with Crippen LogP contribution in [0.5, 0.6) is 0 Å². The van der Waals surface area contributed by atoms with E-state index in [0.717, 1.165) is 11.3 Å². The maximum absolute atomic E-state index is 3.91. The summed E-state index contributed by atoms with van der Waals surface area (Å²) in [6.07, 6.45) is 0. The molecule has 0 aliphatic heterocycles. The van der Waals surface area contributed by atoms with Crippen LogP contribution in [0.15, 0.2) is 0 Å². The minimum atomic E-state index is -0.861. The summed E-state index contributed by atoms with van der Waals surface area (Å²) in [5.74, 6) is 0. The van der Waals surface area contributed by atoms with Crippen LogP contribution in [0.3, 0.4) is 0 Å². The molecule has 0 aliphatic rings. The normalized spacial score (nSPS) is 13.3. The van der Waals surface area contributed by atoms with Crippen molar-refractivity contribution in [1.29, 1.82) is 0 Å². The van der Waals surface area contributed by atoms with Crippen LogP contribution in [0.1, 0.15) is 20.8 Å². The van der Waals surface area contributed by atoms with Crippen LogP contribution in [0.25, 0.3) is 0 Å². The number of hydrogen-bond acceptors (Lipinski definition) is 0. The molecule has 4 heteroatoms. The molecule has 14 heavy (non-hydrogen) atoms. The summed E-state index contributed by atoms with van der Waals surface area (Å²) in [5.41, 5.74) is 1.46. The van der Waals surface area contributed by atoms with Crippen LogP contribution in [0.2, 0.25) is 19.6 Å². The topological polar surface area (TPSA) is 0 Å². The van der Waals surface area contributed by atoms with Crippen LogP contribution in [0.4, 0.5) is 0 Å². The second-order valence-corrected chi connectivity index (χ2v) is 11.5. The molecule has 0 heterocycles. The van der Waals surface area contributed by atoms with Gasteiger partial charge in [0, 0.05) is 0 Å². The third-order valence-electron chi connectivity index (χ3n) is 0.829. The first-order valence-corrected chi connectivity index (χ1v) is 9.76.